The van der Waals surface area contributed by atoms with Gasteiger partial charge in [0.05, 0.1) is 18.4 Å². The van der Waals surface area contributed by atoms with Gasteiger partial charge < -0.3 is 14.8 Å². The summed E-state index contributed by atoms with van der Waals surface area (Å²) in [4.78, 5) is 12.7. The highest BCUT2D eigenvalue weighted by atomic mass is 79.9. The minimum atomic E-state index is -1.13. The standard InChI is InChI=1S/C23H20BrNO3/c1-14-8-9-16(12-15(14)2)23(19-7-5-4-6-18(19)22(26)28-23)25-20-11-10-17(24)13-21(20)27-3/h4-13,25H,1-3H3. The first-order valence-electron chi connectivity index (χ1n) is 8.97. The van der Waals surface area contributed by atoms with Crippen LogP contribution in [0.15, 0.2) is 65.1 Å². The van der Waals surface area contributed by atoms with Gasteiger partial charge in [-0.2, -0.15) is 0 Å². The molecule has 0 fully saturated rings. The Kier molecular flexibility index (Phi) is 4.63. The topological polar surface area (TPSA) is 47.6 Å². The van der Waals surface area contributed by atoms with Crippen LogP contribution in [0, 0.1) is 13.8 Å². The highest BCUT2D eigenvalue weighted by molar-refractivity contribution is 9.10. The van der Waals surface area contributed by atoms with E-state index in [1.54, 1.807) is 13.2 Å². The van der Waals surface area contributed by atoms with Gasteiger partial charge in [-0.05, 0) is 55.3 Å². The molecule has 0 aliphatic carbocycles. The van der Waals surface area contributed by atoms with Gasteiger partial charge in [-0.15, -0.1) is 0 Å². The van der Waals surface area contributed by atoms with Crippen LogP contribution in [-0.2, 0) is 10.5 Å². The zero-order chi connectivity index (χ0) is 19.9. The molecule has 1 aliphatic heterocycles. The molecule has 0 aromatic heterocycles. The molecule has 3 aromatic rings. The van der Waals surface area contributed by atoms with Crippen LogP contribution in [0.25, 0.3) is 0 Å². The number of aryl methyl sites for hydroxylation is 2. The number of hydrogen-bond donors (Lipinski definition) is 1. The maximum absolute atomic E-state index is 12.7. The molecule has 0 amide bonds. The third-order valence-corrected chi connectivity index (χ3v) is 5.65. The first kappa shape index (κ1) is 18.6. The van der Waals surface area contributed by atoms with Gasteiger partial charge >= 0.3 is 5.97 Å². The number of esters is 1. The van der Waals surface area contributed by atoms with E-state index in [4.69, 9.17) is 9.47 Å². The first-order chi connectivity index (χ1) is 13.4. The molecule has 4 rings (SSSR count). The van der Waals surface area contributed by atoms with Crippen LogP contribution in [-0.4, -0.2) is 13.1 Å². The predicted octanol–water partition coefficient (Wildman–Crippen LogP) is 5.56. The number of rotatable bonds is 4. The number of carbonyl (C=O) groups is 1. The largest absolute Gasteiger partial charge is 0.495 e. The van der Waals surface area contributed by atoms with E-state index in [0.717, 1.165) is 26.9 Å². The Morgan fingerprint density at radius 3 is 2.54 bits per heavy atom. The number of hydrogen-bond acceptors (Lipinski definition) is 4. The molecule has 142 valence electrons. The fourth-order valence-corrected chi connectivity index (χ4v) is 3.86. The van der Waals surface area contributed by atoms with Crippen molar-refractivity contribution < 1.29 is 14.3 Å². The van der Waals surface area contributed by atoms with Crippen molar-refractivity contribution in [3.05, 3.63) is 93.0 Å². The maximum atomic E-state index is 12.7. The number of carbonyl (C=O) groups excluding carboxylic acids is 1. The summed E-state index contributed by atoms with van der Waals surface area (Å²) in [7, 11) is 1.62. The highest BCUT2D eigenvalue weighted by Gasteiger charge is 2.47. The second-order valence-electron chi connectivity index (χ2n) is 6.88. The second-order valence-corrected chi connectivity index (χ2v) is 7.80. The average molecular weight is 438 g/mol. The van der Waals surface area contributed by atoms with E-state index in [1.807, 2.05) is 48.5 Å². The quantitative estimate of drug-likeness (QED) is 0.542. The molecule has 1 aliphatic rings. The molecule has 5 heteroatoms. The second kappa shape index (κ2) is 6.99. The highest BCUT2D eigenvalue weighted by Crippen LogP contribution is 2.44. The lowest BCUT2D eigenvalue weighted by Gasteiger charge is -2.32. The molecule has 0 spiro atoms. The van der Waals surface area contributed by atoms with Gasteiger partial charge in [0.1, 0.15) is 5.75 Å². The average Bonchev–Trinajstić information content (AvgIpc) is 2.98. The minimum Gasteiger partial charge on any atom is -0.495 e. The van der Waals surface area contributed by atoms with Crippen molar-refractivity contribution in [2.45, 2.75) is 19.6 Å². The van der Waals surface area contributed by atoms with E-state index in [-0.39, 0.29) is 5.97 Å². The molecule has 0 saturated heterocycles. The molecule has 1 unspecified atom stereocenters. The number of ether oxygens (including phenoxy) is 2. The summed E-state index contributed by atoms with van der Waals surface area (Å²) in [5, 5.41) is 3.46. The fraction of sp³-hybridized carbons (Fsp3) is 0.174. The molecule has 0 saturated carbocycles. The number of benzene rings is 3. The summed E-state index contributed by atoms with van der Waals surface area (Å²) >= 11 is 3.47. The Morgan fingerprint density at radius 2 is 1.79 bits per heavy atom. The molecule has 1 N–H and O–H groups in total. The van der Waals surface area contributed by atoms with Crippen molar-refractivity contribution in [1.82, 2.24) is 0 Å². The van der Waals surface area contributed by atoms with Crippen LogP contribution in [0.4, 0.5) is 5.69 Å². The van der Waals surface area contributed by atoms with E-state index < -0.39 is 5.72 Å². The molecule has 0 bridgehead atoms. The van der Waals surface area contributed by atoms with Crippen molar-refractivity contribution in [3.63, 3.8) is 0 Å². The fourth-order valence-electron chi connectivity index (χ4n) is 3.51. The Labute approximate surface area is 172 Å². The predicted molar refractivity (Wildman–Crippen MR) is 113 cm³/mol. The van der Waals surface area contributed by atoms with Crippen molar-refractivity contribution in [2.75, 3.05) is 12.4 Å². The van der Waals surface area contributed by atoms with E-state index in [2.05, 4.69) is 41.2 Å². The van der Waals surface area contributed by atoms with Crippen LogP contribution >= 0.6 is 15.9 Å². The van der Waals surface area contributed by atoms with Gasteiger partial charge in [0.25, 0.3) is 0 Å². The number of cyclic esters (lactones) is 1. The zero-order valence-electron chi connectivity index (χ0n) is 15.9. The number of fused-ring (bicyclic) bond motifs is 1. The van der Waals surface area contributed by atoms with Gasteiger partial charge in [0, 0.05) is 15.6 Å². The first-order valence-corrected chi connectivity index (χ1v) is 9.76. The summed E-state index contributed by atoms with van der Waals surface area (Å²) in [5.41, 5.74) is 4.11. The molecular weight excluding hydrogens is 418 g/mol. The normalized spacial score (nSPS) is 17.8. The minimum absolute atomic E-state index is 0.350. The number of methoxy groups -OCH3 is 1. The lowest BCUT2D eigenvalue weighted by molar-refractivity contribution is 0.0211. The van der Waals surface area contributed by atoms with E-state index in [9.17, 15) is 4.79 Å². The smallest absolute Gasteiger partial charge is 0.341 e. The molecule has 3 aromatic carbocycles. The van der Waals surface area contributed by atoms with Crippen molar-refractivity contribution >= 4 is 27.6 Å². The molecular formula is C23H20BrNO3. The molecule has 0 radical (unpaired) electrons. The van der Waals surface area contributed by atoms with E-state index in [1.165, 1.54) is 5.56 Å². The molecule has 4 nitrogen and oxygen atoms in total. The Morgan fingerprint density at radius 1 is 1.00 bits per heavy atom. The van der Waals surface area contributed by atoms with Crippen molar-refractivity contribution in [2.24, 2.45) is 0 Å². The van der Waals surface area contributed by atoms with Crippen LogP contribution in [0.5, 0.6) is 5.75 Å². The zero-order valence-corrected chi connectivity index (χ0v) is 17.5. The van der Waals surface area contributed by atoms with E-state index in [0.29, 0.717) is 11.3 Å². The van der Waals surface area contributed by atoms with Crippen LogP contribution in [0.2, 0.25) is 0 Å². The summed E-state index contributed by atoms with van der Waals surface area (Å²) in [6.07, 6.45) is 0. The molecule has 1 atom stereocenters. The third-order valence-electron chi connectivity index (χ3n) is 5.16. The van der Waals surface area contributed by atoms with Crippen LogP contribution in [0.3, 0.4) is 0 Å². The van der Waals surface area contributed by atoms with Crippen LogP contribution < -0.4 is 10.1 Å². The SMILES string of the molecule is COc1cc(Br)ccc1NC1(c2ccc(C)c(C)c2)OC(=O)c2ccccc21. The summed E-state index contributed by atoms with van der Waals surface area (Å²) in [6, 6.07) is 19.3. The summed E-state index contributed by atoms with van der Waals surface area (Å²) in [6.45, 7) is 4.11. The molecule has 1 heterocycles. The van der Waals surface area contributed by atoms with Crippen LogP contribution in [0.1, 0.15) is 32.6 Å². The Hall–Kier alpha value is -2.79. The van der Waals surface area contributed by atoms with E-state index >= 15 is 0 Å². The van der Waals surface area contributed by atoms with Gasteiger partial charge in [-0.25, -0.2) is 4.79 Å². The number of nitrogens with one attached hydrogen (secondary N) is 1. The van der Waals surface area contributed by atoms with Gasteiger partial charge in [0.2, 0.25) is 5.72 Å². The number of halogens is 1. The maximum Gasteiger partial charge on any atom is 0.341 e. The molecule has 28 heavy (non-hydrogen) atoms. The Bertz CT molecular complexity index is 1080. The lowest BCUT2D eigenvalue weighted by atomic mass is 9.90. The summed E-state index contributed by atoms with van der Waals surface area (Å²) in [5.74, 6) is 0.301. The third kappa shape index (κ3) is 2.96. The van der Waals surface area contributed by atoms with Crippen molar-refractivity contribution in [1.29, 1.82) is 0 Å². The van der Waals surface area contributed by atoms with Crippen molar-refractivity contribution in [3.8, 4) is 5.75 Å². The Balaban J connectivity index is 1.94. The monoisotopic (exact) mass is 437 g/mol. The lowest BCUT2D eigenvalue weighted by Crippen LogP contribution is -2.37. The van der Waals surface area contributed by atoms with Gasteiger partial charge in [-0.1, -0.05) is 46.3 Å². The van der Waals surface area contributed by atoms with Gasteiger partial charge in [0.15, 0.2) is 0 Å². The van der Waals surface area contributed by atoms with Gasteiger partial charge in [-0.3, -0.25) is 0 Å². The number of anilines is 1. The summed E-state index contributed by atoms with van der Waals surface area (Å²) < 4.78 is 12.5.